The van der Waals surface area contributed by atoms with Gasteiger partial charge in [0.15, 0.2) is 6.61 Å². The molecule has 0 radical (unpaired) electrons. The van der Waals surface area contributed by atoms with Gasteiger partial charge in [-0.15, -0.1) is 24.9 Å². The first-order valence-corrected chi connectivity index (χ1v) is 13.9. The van der Waals surface area contributed by atoms with E-state index in [4.69, 9.17) is 4.42 Å². The molecule has 0 aliphatic carbocycles. The minimum absolute atomic E-state index is 0.0446. The van der Waals surface area contributed by atoms with E-state index in [-0.39, 0.29) is 38.8 Å². The number of alkyl halides is 9. The summed E-state index contributed by atoms with van der Waals surface area (Å²) >= 11 is 0.0446. The smallest absolute Gasteiger partial charge is 0.456 e. The summed E-state index contributed by atoms with van der Waals surface area (Å²) in [5, 5.41) is 0.126. The lowest BCUT2D eigenvalue weighted by atomic mass is 10.00. The maximum absolute atomic E-state index is 14.3. The third-order valence-corrected chi connectivity index (χ3v) is 7.33. The maximum Gasteiger partial charge on any atom is 0.573 e. The normalized spacial score (nSPS) is 12.8. The van der Waals surface area contributed by atoms with E-state index in [0.29, 0.717) is 18.1 Å². The van der Waals surface area contributed by atoms with E-state index < -0.39 is 53.8 Å². The number of carbonyl (C=O) groups is 1. The second-order valence-corrected chi connectivity index (χ2v) is 10.6. The molecular formula is C29H25F9O5S. The number of unbranched alkanes of at least 4 members (excludes halogenated alkanes) is 2. The standard InChI is InChI=1S/C29H25F9O5S/c1-3-5-6-7-17-8-11-20(23(12-17)43-29(36,37)38)21-13-18-9-10-19(14-22(18)42-25(21)40)44-16-27(32,33)28(34,35)26(30,31)15-41-24(39)4-2/h4,8-14H,2-3,5-7,15-16H2,1H3. The van der Waals surface area contributed by atoms with Crippen LogP contribution in [0.5, 0.6) is 5.75 Å². The highest BCUT2D eigenvalue weighted by Crippen LogP contribution is 2.48. The molecule has 1 heterocycles. The molecule has 0 amide bonds. The summed E-state index contributed by atoms with van der Waals surface area (Å²) in [6.07, 6.45) is -1.74. The number of fused-ring (bicyclic) bond motifs is 1. The summed E-state index contributed by atoms with van der Waals surface area (Å²) in [7, 11) is 0. The summed E-state index contributed by atoms with van der Waals surface area (Å²) in [6.45, 7) is 2.53. The molecule has 3 rings (SSSR count). The predicted molar refractivity (Wildman–Crippen MR) is 145 cm³/mol. The van der Waals surface area contributed by atoms with Crippen molar-refractivity contribution in [2.24, 2.45) is 0 Å². The Morgan fingerprint density at radius 3 is 2.27 bits per heavy atom. The van der Waals surface area contributed by atoms with Crippen molar-refractivity contribution in [2.45, 2.75) is 61.6 Å². The van der Waals surface area contributed by atoms with Crippen LogP contribution in [-0.2, 0) is 16.0 Å². The molecule has 0 N–H and O–H groups in total. The van der Waals surface area contributed by atoms with Gasteiger partial charge in [0, 0.05) is 21.9 Å². The molecule has 0 aliphatic rings. The average molecular weight is 657 g/mol. The van der Waals surface area contributed by atoms with Crippen molar-refractivity contribution in [3.63, 3.8) is 0 Å². The number of esters is 1. The zero-order chi connectivity index (χ0) is 32.9. The highest BCUT2D eigenvalue weighted by atomic mass is 32.2. The van der Waals surface area contributed by atoms with E-state index in [2.05, 4.69) is 16.1 Å². The zero-order valence-electron chi connectivity index (χ0n) is 22.9. The Hall–Kier alpha value is -3.62. The molecule has 0 fully saturated rings. The van der Waals surface area contributed by atoms with Crippen LogP contribution in [0.2, 0.25) is 0 Å². The number of ether oxygens (including phenoxy) is 2. The van der Waals surface area contributed by atoms with Gasteiger partial charge >= 0.3 is 35.7 Å². The Morgan fingerprint density at radius 1 is 0.932 bits per heavy atom. The van der Waals surface area contributed by atoms with Crippen molar-refractivity contribution >= 4 is 28.7 Å². The van der Waals surface area contributed by atoms with Crippen molar-refractivity contribution in [1.29, 1.82) is 0 Å². The van der Waals surface area contributed by atoms with Crippen LogP contribution >= 0.6 is 11.8 Å². The van der Waals surface area contributed by atoms with E-state index in [9.17, 15) is 49.1 Å². The quantitative estimate of drug-likeness (QED) is 0.0432. The lowest BCUT2D eigenvalue weighted by Crippen LogP contribution is -2.57. The van der Waals surface area contributed by atoms with Crippen LogP contribution in [0.15, 0.2) is 69.2 Å². The third kappa shape index (κ3) is 8.30. The van der Waals surface area contributed by atoms with E-state index in [1.165, 1.54) is 24.3 Å². The molecule has 0 bridgehead atoms. The summed E-state index contributed by atoms with van der Waals surface area (Å²) in [5.74, 6) is -20.6. The first-order valence-electron chi connectivity index (χ1n) is 12.9. The van der Waals surface area contributed by atoms with Crippen LogP contribution in [0.25, 0.3) is 22.1 Å². The van der Waals surface area contributed by atoms with E-state index >= 15 is 0 Å². The van der Waals surface area contributed by atoms with Gasteiger partial charge in [-0.05, 0) is 42.7 Å². The zero-order valence-corrected chi connectivity index (χ0v) is 23.7. The van der Waals surface area contributed by atoms with Gasteiger partial charge in [0.2, 0.25) is 0 Å². The molecule has 5 nitrogen and oxygen atoms in total. The van der Waals surface area contributed by atoms with Crippen molar-refractivity contribution in [2.75, 3.05) is 12.4 Å². The minimum atomic E-state index is -5.92. The minimum Gasteiger partial charge on any atom is -0.456 e. The van der Waals surface area contributed by atoms with Gasteiger partial charge in [0.05, 0.1) is 11.3 Å². The van der Waals surface area contributed by atoms with Crippen LogP contribution < -0.4 is 10.4 Å². The summed E-state index contributed by atoms with van der Waals surface area (Å²) in [6, 6.07) is 8.53. The molecule has 0 aliphatic heterocycles. The average Bonchev–Trinajstić information content (AvgIpc) is 2.94. The fourth-order valence-corrected chi connectivity index (χ4v) is 4.83. The monoisotopic (exact) mass is 656 g/mol. The van der Waals surface area contributed by atoms with E-state index in [0.717, 1.165) is 31.4 Å². The first kappa shape index (κ1) is 34.9. The lowest BCUT2D eigenvalue weighted by Gasteiger charge is -2.32. The van der Waals surface area contributed by atoms with Crippen LogP contribution in [-0.4, -0.2) is 42.5 Å². The Kier molecular flexibility index (Phi) is 10.8. The Balaban J connectivity index is 1.87. The van der Waals surface area contributed by atoms with Gasteiger partial charge in [-0.25, -0.2) is 9.59 Å². The van der Waals surface area contributed by atoms with Crippen LogP contribution in [0.3, 0.4) is 0 Å². The van der Waals surface area contributed by atoms with Gasteiger partial charge in [-0.1, -0.05) is 44.5 Å². The van der Waals surface area contributed by atoms with Gasteiger partial charge in [-0.3, -0.25) is 0 Å². The molecule has 0 atom stereocenters. The highest BCUT2D eigenvalue weighted by Gasteiger charge is 2.71. The molecule has 3 aromatic rings. The Labute approximate surface area is 249 Å². The van der Waals surface area contributed by atoms with Crippen molar-refractivity contribution in [3.05, 3.63) is 71.1 Å². The molecule has 1 aromatic heterocycles. The number of halogens is 9. The first-order chi connectivity index (χ1) is 20.4. The van der Waals surface area contributed by atoms with Crippen molar-refractivity contribution in [1.82, 2.24) is 0 Å². The van der Waals surface area contributed by atoms with Gasteiger partial charge < -0.3 is 13.9 Å². The van der Waals surface area contributed by atoms with Gasteiger partial charge in [0.25, 0.3) is 0 Å². The SMILES string of the molecule is C=CC(=O)OCC(F)(F)C(F)(F)C(F)(F)CSc1ccc2cc(-c3ccc(CCCCC)cc3OC(F)(F)F)c(=O)oc2c1. The van der Waals surface area contributed by atoms with E-state index in [1.807, 2.05) is 6.92 Å². The van der Waals surface area contributed by atoms with Crippen molar-refractivity contribution in [3.8, 4) is 16.9 Å². The van der Waals surface area contributed by atoms with Crippen LogP contribution in [0, 0.1) is 0 Å². The molecule has 44 heavy (non-hydrogen) atoms. The van der Waals surface area contributed by atoms with Gasteiger partial charge in [0.1, 0.15) is 11.3 Å². The summed E-state index contributed by atoms with van der Waals surface area (Å²) in [5.41, 5.74) is -1.34. The second kappa shape index (κ2) is 13.6. The highest BCUT2D eigenvalue weighted by molar-refractivity contribution is 7.99. The maximum atomic E-state index is 14.3. The molecule has 0 saturated carbocycles. The molecule has 0 saturated heterocycles. The second-order valence-electron chi connectivity index (χ2n) is 9.57. The fraction of sp³-hybridized carbons (Fsp3) is 0.379. The van der Waals surface area contributed by atoms with Crippen LogP contribution in [0.1, 0.15) is 31.7 Å². The number of hydrogen-bond donors (Lipinski definition) is 0. The van der Waals surface area contributed by atoms with Crippen LogP contribution in [0.4, 0.5) is 39.5 Å². The van der Waals surface area contributed by atoms with Gasteiger partial charge in [-0.2, -0.15) is 26.3 Å². The largest absolute Gasteiger partial charge is 0.573 e. The van der Waals surface area contributed by atoms with Crippen molar-refractivity contribution < 1.29 is 58.2 Å². The number of benzene rings is 2. The molecule has 0 unspecified atom stereocenters. The molecule has 2 aromatic carbocycles. The topological polar surface area (TPSA) is 65.7 Å². The third-order valence-electron chi connectivity index (χ3n) is 6.24. The summed E-state index contributed by atoms with van der Waals surface area (Å²) in [4.78, 5) is 23.5. The number of rotatable bonds is 14. The molecule has 0 spiro atoms. The predicted octanol–water partition coefficient (Wildman–Crippen LogP) is 8.82. The number of aryl methyl sites for hydroxylation is 1. The number of carbonyl (C=O) groups excluding carboxylic acids is 1. The summed E-state index contributed by atoms with van der Waals surface area (Å²) < 4.78 is 137. The Morgan fingerprint density at radius 2 is 1.64 bits per heavy atom. The van der Waals surface area contributed by atoms with E-state index in [1.54, 1.807) is 6.07 Å². The number of hydrogen-bond acceptors (Lipinski definition) is 6. The molecule has 15 heteroatoms. The number of thioether (sulfide) groups is 1. The lowest BCUT2D eigenvalue weighted by molar-refractivity contribution is -0.309. The fourth-order valence-electron chi connectivity index (χ4n) is 3.95. The Bertz CT molecular complexity index is 1550. The molecule has 240 valence electrons. The molecular weight excluding hydrogens is 631 g/mol.